The highest BCUT2D eigenvalue weighted by Gasteiger charge is 2.23. The van der Waals surface area contributed by atoms with Crippen molar-refractivity contribution in [3.05, 3.63) is 83.7 Å². The van der Waals surface area contributed by atoms with Gasteiger partial charge in [0.2, 0.25) is 5.91 Å². The largest absolute Gasteiger partial charge is 0.456 e. The Morgan fingerprint density at radius 2 is 1.79 bits per heavy atom. The number of esters is 1. The van der Waals surface area contributed by atoms with Gasteiger partial charge in [-0.1, -0.05) is 49.4 Å². The first-order valence-corrected chi connectivity index (χ1v) is 13.9. The molecule has 1 aliphatic rings. The molecule has 1 aromatic heterocycles. The SMILES string of the molecule is CCCc1nc2ccc(N3CCCCC3=O)cc2n1Cc1ccc(-c2ccccc2)c(C(=O)OC(C)(C)C)c1. The van der Waals surface area contributed by atoms with Crippen LogP contribution in [0.15, 0.2) is 66.7 Å². The molecule has 39 heavy (non-hydrogen) atoms. The van der Waals surface area contributed by atoms with Crippen molar-refractivity contribution < 1.29 is 14.3 Å². The van der Waals surface area contributed by atoms with Crippen LogP contribution in [0.3, 0.4) is 0 Å². The predicted octanol–water partition coefficient (Wildman–Crippen LogP) is 7.18. The molecule has 1 aliphatic heterocycles. The average Bonchev–Trinajstić information content (AvgIpc) is 3.24. The zero-order valence-electron chi connectivity index (χ0n) is 23.4. The van der Waals surface area contributed by atoms with Gasteiger partial charge in [-0.2, -0.15) is 0 Å². The quantitative estimate of drug-likeness (QED) is 0.241. The van der Waals surface area contributed by atoms with Gasteiger partial charge >= 0.3 is 5.97 Å². The number of rotatable bonds is 7. The topological polar surface area (TPSA) is 64.4 Å². The predicted molar refractivity (Wildman–Crippen MR) is 156 cm³/mol. The van der Waals surface area contributed by atoms with Gasteiger partial charge in [-0.15, -0.1) is 0 Å². The molecule has 4 aromatic rings. The number of nitrogens with zero attached hydrogens (tertiary/aromatic N) is 3. The Kier molecular flexibility index (Phi) is 7.56. The molecule has 6 heteroatoms. The Hall–Kier alpha value is -3.93. The molecule has 0 spiro atoms. The summed E-state index contributed by atoms with van der Waals surface area (Å²) in [7, 11) is 0. The number of hydrogen-bond donors (Lipinski definition) is 0. The summed E-state index contributed by atoms with van der Waals surface area (Å²) in [6.45, 7) is 9.12. The first-order valence-electron chi connectivity index (χ1n) is 13.9. The van der Waals surface area contributed by atoms with Gasteiger partial charge in [0.05, 0.1) is 16.6 Å². The number of piperidine rings is 1. The summed E-state index contributed by atoms with van der Waals surface area (Å²) in [4.78, 5) is 32.8. The molecule has 1 amide bonds. The van der Waals surface area contributed by atoms with Gasteiger partial charge in [0.15, 0.2) is 0 Å². The van der Waals surface area contributed by atoms with Crippen molar-refractivity contribution in [1.82, 2.24) is 9.55 Å². The number of fused-ring (bicyclic) bond motifs is 1. The molecule has 3 aromatic carbocycles. The second-order valence-corrected chi connectivity index (χ2v) is 11.3. The molecular weight excluding hydrogens is 486 g/mol. The third kappa shape index (κ3) is 5.90. The molecule has 6 nitrogen and oxygen atoms in total. The van der Waals surface area contributed by atoms with Gasteiger partial charge in [-0.25, -0.2) is 9.78 Å². The first kappa shape index (κ1) is 26.7. The van der Waals surface area contributed by atoms with Crippen LogP contribution < -0.4 is 4.90 Å². The van der Waals surface area contributed by atoms with Crippen LogP contribution in [0.25, 0.3) is 22.2 Å². The summed E-state index contributed by atoms with van der Waals surface area (Å²) < 4.78 is 8.04. The van der Waals surface area contributed by atoms with Crippen LogP contribution in [0, 0.1) is 0 Å². The number of aryl methyl sites for hydroxylation is 1. The number of carbonyl (C=O) groups excluding carboxylic acids is 2. The number of ether oxygens (including phenoxy) is 1. The first-order chi connectivity index (χ1) is 18.7. The molecule has 0 aliphatic carbocycles. The molecule has 0 unspecified atom stereocenters. The van der Waals surface area contributed by atoms with Gasteiger partial charge in [0.25, 0.3) is 0 Å². The van der Waals surface area contributed by atoms with E-state index in [2.05, 4.69) is 23.6 Å². The highest BCUT2D eigenvalue weighted by Crippen LogP contribution is 2.30. The van der Waals surface area contributed by atoms with Gasteiger partial charge in [0, 0.05) is 31.6 Å². The van der Waals surface area contributed by atoms with Crippen molar-refractivity contribution in [2.45, 2.75) is 71.9 Å². The lowest BCUT2D eigenvalue weighted by molar-refractivity contribution is -0.119. The molecule has 0 saturated carbocycles. The molecule has 0 radical (unpaired) electrons. The lowest BCUT2D eigenvalue weighted by Crippen LogP contribution is -2.35. The molecule has 1 fully saturated rings. The molecular formula is C33H37N3O3. The molecule has 5 rings (SSSR count). The fraction of sp³-hybridized carbons (Fsp3) is 0.364. The zero-order valence-corrected chi connectivity index (χ0v) is 23.4. The Labute approximate surface area is 230 Å². The zero-order chi connectivity index (χ0) is 27.6. The van der Waals surface area contributed by atoms with Crippen molar-refractivity contribution >= 4 is 28.6 Å². The van der Waals surface area contributed by atoms with Crippen LogP contribution in [0.5, 0.6) is 0 Å². The van der Waals surface area contributed by atoms with Crippen LogP contribution in [0.4, 0.5) is 5.69 Å². The third-order valence-corrected chi connectivity index (χ3v) is 7.05. The highest BCUT2D eigenvalue weighted by molar-refractivity contribution is 5.98. The summed E-state index contributed by atoms with van der Waals surface area (Å²) in [5.41, 5.74) is 5.61. The standard InChI is InChI=1S/C33H37N3O3/c1-5-11-30-34-28-18-16-25(35-19-10-9-14-31(35)37)21-29(28)36(30)22-23-15-17-26(24-12-7-6-8-13-24)27(20-23)32(38)39-33(2,3)4/h6-8,12-13,15-18,20-21H,5,9-11,14,19,22H2,1-4H3. The van der Waals surface area contributed by atoms with Crippen molar-refractivity contribution in [1.29, 1.82) is 0 Å². The number of benzene rings is 3. The number of anilines is 1. The minimum Gasteiger partial charge on any atom is -0.456 e. The number of aromatic nitrogens is 2. The monoisotopic (exact) mass is 523 g/mol. The van der Waals surface area contributed by atoms with Crippen LogP contribution in [0.1, 0.15) is 75.1 Å². The highest BCUT2D eigenvalue weighted by atomic mass is 16.6. The normalized spacial score (nSPS) is 14.2. The van der Waals surface area contributed by atoms with Crippen molar-refractivity contribution in [2.24, 2.45) is 0 Å². The Balaban J connectivity index is 1.57. The summed E-state index contributed by atoms with van der Waals surface area (Å²) in [5, 5.41) is 0. The smallest absolute Gasteiger partial charge is 0.339 e. The van der Waals surface area contributed by atoms with Crippen LogP contribution in [-0.4, -0.2) is 33.6 Å². The van der Waals surface area contributed by atoms with E-state index in [1.54, 1.807) is 0 Å². The third-order valence-electron chi connectivity index (χ3n) is 7.05. The van der Waals surface area contributed by atoms with Crippen LogP contribution >= 0.6 is 0 Å². The van der Waals surface area contributed by atoms with Gasteiger partial charge in [-0.3, -0.25) is 4.79 Å². The Morgan fingerprint density at radius 3 is 2.51 bits per heavy atom. The average molecular weight is 524 g/mol. The summed E-state index contributed by atoms with van der Waals surface area (Å²) in [6, 6.07) is 22.1. The van der Waals surface area contributed by atoms with E-state index in [0.29, 0.717) is 18.5 Å². The van der Waals surface area contributed by atoms with E-state index < -0.39 is 5.60 Å². The minimum atomic E-state index is -0.599. The molecule has 202 valence electrons. The number of imidazole rings is 1. The van der Waals surface area contributed by atoms with Gasteiger partial charge in [-0.05, 0) is 81.0 Å². The van der Waals surface area contributed by atoms with E-state index in [9.17, 15) is 9.59 Å². The number of carbonyl (C=O) groups is 2. The lowest BCUT2D eigenvalue weighted by atomic mass is 9.97. The fourth-order valence-electron chi connectivity index (χ4n) is 5.24. The summed E-state index contributed by atoms with van der Waals surface area (Å²) >= 11 is 0. The maximum atomic E-state index is 13.4. The Bertz CT molecular complexity index is 1500. The van der Waals surface area contributed by atoms with E-state index >= 15 is 0 Å². The van der Waals surface area contributed by atoms with Crippen LogP contribution in [-0.2, 0) is 22.5 Å². The van der Waals surface area contributed by atoms with E-state index in [0.717, 1.165) is 71.5 Å². The van der Waals surface area contributed by atoms with Gasteiger partial charge in [0.1, 0.15) is 11.4 Å². The van der Waals surface area contributed by atoms with E-state index in [4.69, 9.17) is 9.72 Å². The maximum absolute atomic E-state index is 13.4. The maximum Gasteiger partial charge on any atom is 0.339 e. The fourth-order valence-corrected chi connectivity index (χ4v) is 5.24. The van der Waals surface area contributed by atoms with E-state index in [1.165, 1.54) is 0 Å². The Morgan fingerprint density at radius 1 is 1.00 bits per heavy atom. The number of amides is 1. The molecule has 0 bridgehead atoms. The van der Waals surface area contributed by atoms with Crippen LogP contribution in [0.2, 0.25) is 0 Å². The molecule has 0 atom stereocenters. The summed E-state index contributed by atoms with van der Waals surface area (Å²) in [6.07, 6.45) is 4.38. The van der Waals surface area contributed by atoms with Crippen molar-refractivity contribution in [3.63, 3.8) is 0 Å². The second-order valence-electron chi connectivity index (χ2n) is 11.3. The second kappa shape index (κ2) is 11.0. The molecule has 0 N–H and O–H groups in total. The van der Waals surface area contributed by atoms with Crippen molar-refractivity contribution in [3.8, 4) is 11.1 Å². The van der Waals surface area contributed by atoms with E-state index in [1.807, 2.05) is 80.3 Å². The van der Waals surface area contributed by atoms with Gasteiger partial charge < -0.3 is 14.2 Å². The van der Waals surface area contributed by atoms with Crippen molar-refractivity contribution in [2.75, 3.05) is 11.4 Å². The number of hydrogen-bond acceptors (Lipinski definition) is 4. The molecule has 1 saturated heterocycles. The summed E-state index contributed by atoms with van der Waals surface area (Å²) in [5.74, 6) is 0.845. The minimum absolute atomic E-state index is 0.180. The molecule has 2 heterocycles. The lowest BCUT2D eigenvalue weighted by Gasteiger charge is -2.26. The van der Waals surface area contributed by atoms with E-state index in [-0.39, 0.29) is 11.9 Å².